The Morgan fingerprint density at radius 1 is 0.912 bits per heavy atom. The molecule has 0 saturated carbocycles. The molecule has 0 unspecified atom stereocenters. The molecule has 1 saturated heterocycles. The zero-order valence-electron chi connectivity index (χ0n) is 19.3. The van der Waals surface area contributed by atoms with Gasteiger partial charge in [-0.2, -0.15) is 0 Å². The van der Waals surface area contributed by atoms with E-state index in [2.05, 4.69) is 28.7 Å². The predicted octanol–water partition coefficient (Wildman–Crippen LogP) is 3.81. The Kier molecular flexibility index (Phi) is 6.90. The summed E-state index contributed by atoms with van der Waals surface area (Å²) in [5.74, 6) is -0.0625. The Bertz CT molecular complexity index is 1250. The molecule has 1 heterocycles. The summed E-state index contributed by atoms with van der Waals surface area (Å²) in [6.07, 6.45) is -0.666. The fourth-order valence-corrected chi connectivity index (χ4v) is 5.13. The lowest BCUT2D eigenvalue weighted by molar-refractivity contribution is 0.0747. The third-order valence-corrected chi connectivity index (χ3v) is 7.48. The van der Waals surface area contributed by atoms with Crippen molar-refractivity contribution in [2.75, 3.05) is 35.8 Å². The molecule has 0 aromatic heterocycles. The molecular formula is C26H29N3O4S. The zero-order chi connectivity index (χ0) is 24.3. The van der Waals surface area contributed by atoms with Gasteiger partial charge in [-0.1, -0.05) is 30.3 Å². The van der Waals surface area contributed by atoms with E-state index < -0.39 is 16.1 Å². The maximum Gasteiger partial charge on any atom is 0.261 e. The van der Waals surface area contributed by atoms with Crippen LogP contribution >= 0.6 is 0 Å². The fourth-order valence-electron chi connectivity index (χ4n) is 4.07. The molecule has 8 heteroatoms. The maximum absolute atomic E-state index is 13.0. The number of aliphatic hydroxyl groups excluding tert-OH is 1. The summed E-state index contributed by atoms with van der Waals surface area (Å²) >= 11 is 0. The average Bonchev–Trinajstić information content (AvgIpc) is 2.84. The molecule has 0 aliphatic carbocycles. The van der Waals surface area contributed by atoms with Crippen LogP contribution in [0.25, 0.3) is 0 Å². The fraction of sp³-hybridized carbons (Fsp3) is 0.269. The average molecular weight is 480 g/mol. The van der Waals surface area contributed by atoms with Gasteiger partial charge in [-0.25, -0.2) is 8.42 Å². The number of sulfonamides is 1. The molecule has 1 atom stereocenters. The standard InChI is InChI=1S/C26H29N3O4S/c1-19-5-3-4-6-25(19)28-15-17-29(18-16-28)26(31)22-7-11-23(12-8-22)27-34(32,33)24-13-9-21(10-14-24)20(2)30/h3-14,20,27,30H,15-18H2,1-2H3/t20-/m1/s1. The van der Waals surface area contributed by atoms with Crippen LogP contribution < -0.4 is 9.62 Å². The first-order valence-corrected chi connectivity index (χ1v) is 12.7. The van der Waals surface area contributed by atoms with E-state index in [1.807, 2.05) is 17.0 Å². The highest BCUT2D eigenvalue weighted by atomic mass is 32.2. The van der Waals surface area contributed by atoms with E-state index in [4.69, 9.17) is 0 Å². The van der Waals surface area contributed by atoms with Crippen molar-refractivity contribution in [2.45, 2.75) is 24.8 Å². The van der Waals surface area contributed by atoms with Gasteiger partial charge >= 0.3 is 0 Å². The van der Waals surface area contributed by atoms with Gasteiger partial charge in [0.05, 0.1) is 11.0 Å². The van der Waals surface area contributed by atoms with E-state index in [0.29, 0.717) is 29.9 Å². The monoisotopic (exact) mass is 479 g/mol. The number of benzene rings is 3. The largest absolute Gasteiger partial charge is 0.389 e. The molecule has 34 heavy (non-hydrogen) atoms. The molecule has 1 amide bonds. The molecule has 0 radical (unpaired) electrons. The second kappa shape index (κ2) is 9.87. The number of amides is 1. The smallest absolute Gasteiger partial charge is 0.261 e. The van der Waals surface area contributed by atoms with Crippen LogP contribution in [0.4, 0.5) is 11.4 Å². The van der Waals surface area contributed by atoms with Crippen molar-refractivity contribution < 1.29 is 18.3 Å². The third-order valence-electron chi connectivity index (χ3n) is 6.08. The summed E-state index contributed by atoms with van der Waals surface area (Å²) in [5, 5.41) is 9.60. The number of piperazine rings is 1. The second-order valence-corrected chi connectivity index (χ2v) is 10.2. The summed E-state index contributed by atoms with van der Waals surface area (Å²) in [4.78, 5) is 17.2. The van der Waals surface area contributed by atoms with Gasteiger partial charge in [-0.05, 0) is 67.4 Å². The molecule has 4 rings (SSSR count). The number of hydrogen-bond donors (Lipinski definition) is 2. The van der Waals surface area contributed by atoms with Gasteiger partial charge in [-0.3, -0.25) is 9.52 Å². The SMILES string of the molecule is Cc1ccccc1N1CCN(C(=O)c2ccc(NS(=O)(=O)c3ccc([C@@H](C)O)cc3)cc2)CC1. The topological polar surface area (TPSA) is 90.0 Å². The number of carbonyl (C=O) groups excluding carboxylic acids is 1. The van der Waals surface area contributed by atoms with Crippen LogP contribution in [-0.2, 0) is 10.0 Å². The molecule has 3 aromatic carbocycles. The van der Waals surface area contributed by atoms with E-state index in [1.165, 1.54) is 23.4 Å². The lowest BCUT2D eigenvalue weighted by Crippen LogP contribution is -2.49. The molecule has 7 nitrogen and oxygen atoms in total. The van der Waals surface area contributed by atoms with Gasteiger partial charge in [0.15, 0.2) is 0 Å². The van der Waals surface area contributed by atoms with Crippen molar-refractivity contribution in [3.8, 4) is 0 Å². The molecule has 1 aliphatic heterocycles. The van der Waals surface area contributed by atoms with Crippen molar-refractivity contribution >= 4 is 27.3 Å². The summed E-state index contributed by atoms with van der Waals surface area (Å²) in [6.45, 7) is 6.50. The van der Waals surface area contributed by atoms with Gasteiger partial charge < -0.3 is 14.9 Å². The molecule has 2 N–H and O–H groups in total. The van der Waals surface area contributed by atoms with Crippen LogP contribution in [-0.4, -0.2) is 50.5 Å². The number of aryl methyl sites for hydroxylation is 1. The van der Waals surface area contributed by atoms with Crippen molar-refractivity contribution in [3.05, 3.63) is 89.5 Å². The highest BCUT2D eigenvalue weighted by Crippen LogP contribution is 2.23. The molecular weight excluding hydrogens is 450 g/mol. The first-order valence-electron chi connectivity index (χ1n) is 11.3. The summed E-state index contributed by atoms with van der Waals surface area (Å²) < 4.78 is 27.9. The van der Waals surface area contributed by atoms with Crippen LogP contribution in [0.1, 0.15) is 34.5 Å². The Balaban J connectivity index is 1.38. The first-order chi connectivity index (χ1) is 16.2. The Morgan fingerprint density at radius 2 is 1.53 bits per heavy atom. The van der Waals surface area contributed by atoms with Gasteiger partial charge in [0.2, 0.25) is 0 Å². The van der Waals surface area contributed by atoms with Crippen LogP contribution in [0.15, 0.2) is 77.7 Å². The number of nitrogens with zero attached hydrogens (tertiary/aromatic N) is 2. The van der Waals surface area contributed by atoms with Gasteiger partial charge in [0, 0.05) is 43.1 Å². The minimum Gasteiger partial charge on any atom is -0.389 e. The molecule has 0 bridgehead atoms. The third kappa shape index (κ3) is 5.24. The number of rotatable bonds is 6. The number of carbonyl (C=O) groups is 1. The van der Waals surface area contributed by atoms with Gasteiger partial charge in [0.1, 0.15) is 0 Å². The lowest BCUT2D eigenvalue weighted by atomic mass is 10.1. The first kappa shape index (κ1) is 23.8. The van der Waals surface area contributed by atoms with Gasteiger partial charge in [0.25, 0.3) is 15.9 Å². The molecule has 178 valence electrons. The van der Waals surface area contributed by atoms with E-state index in [0.717, 1.165) is 13.1 Å². The number of para-hydroxylation sites is 1. The molecule has 3 aromatic rings. The van der Waals surface area contributed by atoms with E-state index >= 15 is 0 Å². The van der Waals surface area contributed by atoms with Crippen molar-refractivity contribution in [1.82, 2.24) is 4.90 Å². The van der Waals surface area contributed by atoms with E-state index in [-0.39, 0.29) is 10.8 Å². The Labute approximate surface area is 200 Å². The van der Waals surface area contributed by atoms with Crippen LogP contribution in [0.2, 0.25) is 0 Å². The van der Waals surface area contributed by atoms with E-state index in [1.54, 1.807) is 43.3 Å². The lowest BCUT2D eigenvalue weighted by Gasteiger charge is -2.36. The number of hydrogen-bond acceptors (Lipinski definition) is 5. The van der Waals surface area contributed by atoms with Crippen LogP contribution in [0.3, 0.4) is 0 Å². The highest BCUT2D eigenvalue weighted by molar-refractivity contribution is 7.92. The number of aliphatic hydroxyl groups is 1. The molecule has 1 fully saturated rings. The van der Waals surface area contributed by atoms with Crippen molar-refractivity contribution in [3.63, 3.8) is 0 Å². The Morgan fingerprint density at radius 3 is 2.12 bits per heavy atom. The highest BCUT2D eigenvalue weighted by Gasteiger charge is 2.23. The summed E-state index contributed by atoms with van der Waals surface area (Å²) in [7, 11) is -3.78. The minimum atomic E-state index is -3.78. The normalized spacial score (nSPS) is 15.1. The predicted molar refractivity (Wildman–Crippen MR) is 134 cm³/mol. The number of nitrogens with one attached hydrogen (secondary N) is 1. The summed E-state index contributed by atoms with van der Waals surface area (Å²) in [6, 6.07) is 20.8. The number of anilines is 2. The summed E-state index contributed by atoms with van der Waals surface area (Å²) in [5.41, 5.74) is 3.96. The molecule has 0 spiro atoms. The molecule has 1 aliphatic rings. The van der Waals surface area contributed by atoms with Crippen molar-refractivity contribution in [1.29, 1.82) is 0 Å². The minimum absolute atomic E-state index is 0.0625. The van der Waals surface area contributed by atoms with Gasteiger partial charge in [-0.15, -0.1) is 0 Å². The zero-order valence-corrected chi connectivity index (χ0v) is 20.1. The maximum atomic E-state index is 13.0. The quantitative estimate of drug-likeness (QED) is 0.561. The van der Waals surface area contributed by atoms with Crippen LogP contribution in [0, 0.1) is 6.92 Å². The van der Waals surface area contributed by atoms with Crippen molar-refractivity contribution in [2.24, 2.45) is 0 Å². The Hall–Kier alpha value is -3.36. The van der Waals surface area contributed by atoms with Crippen LogP contribution in [0.5, 0.6) is 0 Å². The second-order valence-electron chi connectivity index (χ2n) is 8.49. The van der Waals surface area contributed by atoms with E-state index in [9.17, 15) is 18.3 Å².